The van der Waals surface area contributed by atoms with Gasteiger partial charge in [-0.15, -0.1) is 0 Å². The van der Waals surface area contributed by atoms with Crippen molar-refractivity contribution in [2.75, 3.05) is 59.3 Å². The first kappa shape index (κ1) is 43.9. The number of amides is 1. The van der Waals surface area contributed by atoms with Crippen LogP contribution in [0, 0.1) is 0 Å². The maximum Gasteiger partial charge on any atom is 0.303 e. The summed E-state index contributed by atoms with van der Waals surface area (Å²) in [6.07, 6.45) is -7.59. The van der Waals surface area contributed by atoms with Gasteiger partial charge in [0.25, 0.3) is 5.91 Å². The van der Waals surface area contributed by atoms with Crippen molar-refractivity contribution in [3.05, 3.63) is 39.8 Å². The minimum atomic E-state index is -4.05. The highest BCUT2D eigenvalue weighted by atomic mass is 35.7. The van der Waals surface area contributed by atoms with E-state index in [1.54, 1.807) is 0 Å². The average molecular weight is 781 g/mol. The van der Waals surface area contributed by atoms with Crippen LogP contribution >= 0.6 is 10.7 Å². The van der Waals surface area contributed by atoms with Gasteiger partial charge in [-0.05, 0) is 23.2 Å². The highest BCUT2D eigenvalue weighted by Gasteiger charge is 2.53. The summed E-state index contributed by atoms with van der Waals surface area (Å²) in [5, 5.41) is 5.96. The van der Waals surface area contributed by atoms with Gasteiger partial charge in [0.05, 0.1) is 51.0 Å². The number of carbonyl (C=O) groups is 5. The fourth-order valence-electron chi connectivity index (χ4n) is 4.58. The molecule has 20 nitrogen and oxygen atoms in total. The second kappa shape index (κ2) is 22.6. The number of rotatable bonds is 22. The normalized spacial score (nSPS) is 19.8. The van der Waals surface area contributed by atoms with E-state index in [1.165, 1.54) is 18.2 Å². The van der Waals surface area contributed by atoms with Crippen molar-refractivity contribution in [1.82, 2.24) is 5.32 Å². The second-order valence-corrected chi connectivity index (χ2v) is 13.5. The summed E-state index contributed by atoms with van der Waals surface area (Å²) in [5.41, 5.74) is 8.14. The van der Waals surface area contributed by atoms with E-state index in [1.807, 2.05) is 0 Å². The number of azide groups is 1. The highest BCUT2D eigenvalue weighted by Crippen LogP contribution is 2.32. The lowest BCUT2D eigenvalue weighted by Crippen LogP contribution is -2.63. The number of nitrogens with one attached hydrogen (secondary N) is 1. The molecule has 52 heavy (non-hydrogen) atoms. The Hall–Kier alpha value is -4.24. The first-order valence-electron chi connectivity index (χ1n) is 15.7. The summed E-state index contributed by atoms with van der Waals surface area (Å²) < 4.78 is 72.9. The summed E-state index contributed by atoms with van der Waals surface area (Å²) in [4.78, 5) is 64.0. The Morgan fingerprint density at radius 2 is 1.42 bits per heavy atom. The van der Waals surface area contributed by atoms with Gasteiger partial charge in [0.1, 0.15) is 18.5 Å². The van der Waals surface area contributed by atoms with Crippen molar-refractivity contribution >= 4 is 49.5 Å². The molecule has 0 spiro atoms. The molecule has 1 aliphatic rings. The van der Waals surface area contributed by atoms with Gasteiger partial charge in [0, 0.05) is 56.4 Å². The molecule has 22 heteroatoms. The molecule has 0 bridgehead atoms. The van der Waals surface area contributed by atoms with Crippen LogP contribution in [0.15, 0.2) is 23.3 Å². The molecule has 0 aromatic heterocycles. The third kappa shape index (κ3) is 16.9. The van der Waals surface area contributed by atoms with Crippen LogP contribution in [0.2, 0.25) is 0 Å². The van der Waals surface area contributed by atoms with Crippen molar-refractivity contribution in [3.63, 3.8) is 0 Å². The van der Waals surface area contributed by atoms with Crippen molar-refractivity contribution in [3.8, 4) is 5.75 Å². The number of hydrogen-bond donors (Lipinski definition) is 1. The van der Waals surface area contributed by atoms with Gasteiger partial charge < -0.3 is 47.9 Å². The monoisotopic (exact) mass is 780 g/mol. The lowest BCUT2D eigenvalue weighted by atomic mass is 9.98. The molecule has 5 atom stereocenters. The molecule has 1 aromatic rings. The maximum atomic E-state index is 13.4. The van der Waals surface area contributed by atoms with Crippen LogP contribution in [0.5, 0.6) is 5.75 Å². The van der Waals surface area contributed by atoms with Crippen molar-refractivity contribution in [1.29, 1.82) is 0 Å². The topological polar surface area (TPSA) is 263 Å². The zero-order valence-corrected chi connectivity index (χ0v) is 30.4. The number of ether oxygens (including phenoxy) is 9. The minimum Gasteiger partial charge on any atom is -0.463 e. The van der Waals surface area contributed by atoms with Crippen LogP contribution < -0.4 is 10.1 Å². The summed E-state index contributed by atoms with van der Waals surface area (Å²) in [6, 6.07) is 3.76. The molecule has 290 valence electrons. The highest BCUT2D eigenvalue weighted by molar-refractivity contribution is 8.13. The van der Waals surface area contributed by atoms with E-state index in [2.05, 4.69) is 15.3 Å². The molecule has 0 radical (unpaired) electrons. The van der Waals surface area contributed by atoms with Crippen molar-refractivity contribution in [2.24, 2.45) is 5.11 Å². The van der Waals surface area contributed by atoms with Crippen LogP contribution in [0.25, 0.3) is 10.4 Å². The molecule has 2 rings (SSSR count). The molecule has 1 fully saturated rings. The van der Waals surface area contributed by atoms with E-state index in [4.69, 9.17) is 58.8 Å². The first-order valence-corrected chi connectivity index (χ1v) is 18.1. The van der Waals surface area contributed by atoms with E-state index in [0.717, 1.165) is 27.7 Å². The standard InChI is InChI=1S/C30H41ClN4O16S/c1-18(36)46-16-25-26(47-19(2)37)27(48-20(3)38)28(49-21(4)39)30(51-25)50-24-6-5-22(17-52(31,41)42)15-23(24)29(40)33-7-9-43-11-13-45-14-12-44-10-8-34-35-32/h5-6,15,25-28,30H,7-14,16-17H2,1-4H3,(H,33,40)/t25-,26+,27+,28-,30-/m1/s1. The predicted octanol–water partition coefficient (Wildman–Crippen LogP) is 1.31. The number of nitrogens with zero attached hydrogens (tertiary/aromatic N) is 3. The first-order chi connectivity index (χ1) is 24.6. The van der Waals surface area contributed by atoms with Gasteiger partial charge in [0.2, 0.25) is 21.4 Å². The number of benzene rings is 1. The van der Waals surface area contributed by atoms with E-state index in [-0.39, 0.29) is 63.0 Å². The number of hydrogen-bond acceptors (Lipinski definition) is 17. The van der Waals surface area contributed by atoms with Gasteiger partial charge in [-0.25, -0.2) is 8.42 Å². The molecule has 1 N–H and O–H groups in total. The van der Waals surface area contributed by atoms with Gasteiger partial charge in [-0.2, -0.15) is 0 Å². The third-order valence-electron chi connectivity index (χ3n) is 6.49. The quantitative estimate of drug-likeness (QED) is 0.0331. The summed E-state index contributed by atoms with van der Waals surface area (Å²) in [5.74, 6) is -4.88. The van der Waals surface area contributed by atoms with Crippen LogP contribution in [0.1, 0.15) is 43.6 Å². The number of carbonyl (C=O) groups excluding carboxylic acids is 5. The molecule has 1 aromatic carbocycles. The molecule has 1 heterocycles. The molecule has 1 aliphatic heterocycles. The SMILES string of the molecule is CC(=O)OC[C@H]1O[C@@H](Oc2ccc(CS(=O)(=O)Cl)cc2C(=O)NCCOCCOCCOCCN=[N+]=[N-])[C@H](OC(C)=O)[C@@H](OC(C)=O)[C@H]1OC(C)=O. The summed E-state index contributed by atoms with van der Waals surface area (Å²) in [7, 11) is 1.40. The van der Waals surface area contributed by atoms with E-state index < -0.39 is 81.9 Å². The molecule has 1 amide bonds. The van der Waals surface area contributed by atoms with E-state index >= 15 is 0 Å². The van der Waals surface area contributed by atoms with Gasteiger partial charge in [-0.3, -0.25) is 24.0 Å². The van der Waals surface area contributed by atoms with Crippen LogP contribution in [-0.2, 0) is 71.9 Å². The molecule has 0 aliphatic carbocycles. The average Bonchev–Trinajstić information content (AvgIpc) is 3.04. The smallest absolute Gasteiger partial charge is 0.303 e. The molecule has 1 saturated heterocycles. The zero-order valence-electron chi connectivity index (χ0n) is 28.8. The Bertz CT molecular complexity index is 1540. The van der Waals surface area contributed by atoms with Gasteiger partial charge >= 0.3 is 23.9 Å². The molecular formula is C30H41ClN4O16S. The van der Waals surface area contributed by atoms with Crippen LogP contribution in [-0.4, -0.2) is 128 Å². The Morgan fingerprint density at radius 3 is 2.00 bits per heavy atom. The third-order valence-corrected chi connectivity index (χ3v) is 7.50. The van der Waals surface area contributed by atoms with Crippen molar-refractivity contribution in [2.45, 2.75) is 64.2 Å². The van der Waals surface area contributed by atoms with E-state index in [0.29, 0.717) is 6.61 Å². The fraction of sp³-hybridized carbons (Fsp3) is 0.633. The fourth-order valence-corrected chi connectivity index (χ4v) is 5.53. The Kier molecular flexibility index (Phi) is 19.1. The van der Waals surface area contributed by atoms with Crippen molar-refractivity contribution < 1.29 is 75.0 Å². The molecule has 0 unspecified atom stereocenters. The number of esters is 4. The van der Waals surface area contributed by atoms with Gasteiger partial charge in [0.15, 0.2) is 12.2 Å². The molecular weight excluding hydrogens is 740 g/mol. The maximum absolute atomic E-state index is 13.4. The zero-order chi connectivity index (χ0) is 38.7. The second-order valence-electron chi connectivity index (χ2n) is 10.7. The number of halogens is 1. The van der Waals surface area contributed by atoms with E-state index in [9.17, 15) is 32.4 Å². The Balaban J connectivity index is 2.27. The van der Waals surface area contributed by atoms with Crippen LogP contribution in [0.4, 0.5) is 0 Å². The lowest BCUT2D eigenvalue weighted by Gasteiger charge is -2.44. The summed E-state index contributed by atoms with van der Waals surface area (Å²) in [6.45, 7) is 5.31. The minimum absolute atomic E-state index is 0.00210. The summed E-state index contributed by atoms with van der Waals surface area (Å²) >= 11 is 0. The Morgan fingerprint density at radius 1 is 0.846 bits per heavy atom. The lowest BCUT2D eigenvalue weighted by molar-refractivity contribution is -0.288. The van der Waals surface area contributed by atoms with Gasteiger partial charge in [-0.1, -0.05) is 11.2 Å². The molecule has 0 saturated carbocycles. The Labute approximate surface area is 303 Å². The largest absolute Gasteiger partial charge is 0.463 e. The van der Waals surface area contributed by atoms with Crippen LogP contribution in [0.3, 0.4) is 0 Å². The predicted molar refractivity (Wildman–Crippen MR) is 176 cm³/mol.